The van der Waals surface area contributed by atoms with Gasteiger partial charge in [0, 0.05) is 17.8 Å². The third kappa shape index (κ3) is 4.31. The summed E-state index contributed by atoms with van der Waals surface area (Å²) in [6, 6.07) is 6.46. The molecule has 0 heterocycles. The molecule has 0 saturated heterocycles. The van der Waals surface area contributed by atoms with Crippen molar-refractivity contribution in [2.75, 3.05) is 11.9 Å². The van der Waals surface area contributed by atoms with Crippen LogP contribution in [0, 0.1) is 0 Å². The Hall–Kier alpha value is -2.50. The first-order valence-electron chi connectivity index (χ1n) is 6.30. The minimum atomic E-state index is -1.05. The molecule has 1 aromatic carbocycles. The highest BCUT2D eigenvalue weighted by Gasteiger charge is 2.13. The molecule has 1 aliphatic carbocycles. The van der Waals surface area contributed by atoms with E-state index in [0.717, 1.165) is 12.8 Å². The lowest BCUT2D eigenvalue weighted by Crippen LogP contribution is -2.36. The van der Waals surface area contributed by atoms with Crippen LogP contribution in [0.4, 0.5) is 10.5 Å². The van der Waals surface area contributed by atoms with Crippen LogP contribution in [0.5, 0.6) is 5.75 Å². The van der Waals surface area contributed by atoms with Crippen molar-refractivity contribution in [1.82, 2.24) is 5.32 Å². The Kier molecular flexibility index (Phi) is 4.60. The summed E-state index contributed by atoms with van der Waals surface area (Å²) in [4.78, 5) is 22.2. The number of nitrogens with one attached hydrogen (secondary N) is 2. The fourth-order valence-corrected chi connectivity index (χ4v) is 1.90. The van der Waals surface area contributed by atoms with E-state index in [4.69, 9.17) is 9.84 Å². The van der Waals surface area contributed by atoms with Gasteiger partial charge in [0.2, 0.25) is 0 Å². The Labute approximate surface area is 116 Å². The van der Waals surface area contributed by atoms with E-state index in [0.29, 0.717) is 11.4 Å². The van der Waals surface area contributed by atoms with E-state index < -0.39 is 12.6 Å². The van der Waals surface area contributed by atoms with Crippen molar-refractivity contribution >= 4 is 17.7 Å². The lowest BCUT2D eigenvalue weighted by atomic mass is 10.2. The Balaban J connectivity index is 1.86. The van der Waals surface area contributed by atoms with Gasteiger partial charge in [0.25, 0.3) is 0 Å². The first-order valence-corrected chi connectivity index (χ1v) is 6.30. The van der Waals surface area contributed by atoms with E-state index in [9.17, 15) is 9.59 Å². The molecule has 0 spiro atoms. The van der Waals surface area contributed by atoms with Crippen molar-refractivity contribution in [3.63, 3.8) is 0 Å². The van der Waals surface area contributed by atoms with Crippen molar-refractivity contribution in [2.45, 2.75) is 18.9 Å². The van der Waals surface area contributed by atoms with Crippen molar-refractivity contribution in [1.29, 1.82) is 0 Å². The molecule has 106 valence electrons. The lowest BCUT2D eigenvalue weighted by Gasteiger charge is -2.13. The Morgan fingerprint density at radius 1 is 1.30 bits per heavy atom. The molecule has 6 nitrogen and oxygen atoms in total. The van der Waals surface area contributed by atoms with Crippen LogP contribution in [-0.2, 0) is 4.79 Å². The van der Waals surface area contributed by atoms with Crippen molar-refractivity contribution in [3.05, 3.63) is 36.4 Å². The van der Waals surface area contributed by atoms with Gasteiger partial charge in [-0.1, -0.05) is 18.2 Å². The van der Waals surface area contributed by atoms with Gasteiger partial charge in [0.15, 0.2) is 6.61 Å². The minimum Gasteiger partial charge on any atom is -0.482 e. The summed E-state index contributed by atoms with van der Waals surface area (Å²) in [7, 11) is 0. The first-order chi connectivity index (χ1) is 9.63. The number of hydrogen-bond donors (Lipinski definition) is 3. The predicted octanol–water partition coefficient (Wildman–Crippen LogP) is 1.99. The standard InChI is InChI=1S/C14H16N2O4/c17-13(18)9-20-12-7-3-6-11(8-12)16-14(19)15-10-4-1-2-5-10/h1-3,6-8,10H,4-5,9H2,(H,17,18)(H2,15,16,19). The van der Waals surface area contributed by atoms with E-state index in [-0.39, 0.29) is 12.1 Å². The van der Waals surface area contributed by atoms with Gasteiger partial charge < -0.3 is 20.5 Å². The fraction of sp³-hybridized carbons (Fsp3) is 0.286. The molecule has 0 saturated carbocycles. The van der Waals surface area contributed by atoms with Crippen LogP contribution in [0.2, 0.25) is 0 Å². The summed E-state index contributed by atoms with van der Waals surface area (Å²) >= 11 is 0. The molecule has 0 bridgehead atoms. The molecule has 1 aromatic rings. The molecule has 0 radical (unpaired) electrons. The predicted molar refractivity (Wildman–Crippen MR) is 73.9 cm³/mol. The number of carbonyl (C=O) groups excluding carboxylic acids is 1. The number of benzene rings is 1. The van der Waals surface area contributed by atoms with E-state index in [2.05, 4.69) is 10.6 Å². The molecule has 0 aromatic heterocycles. The molecule has 2 amide bonds. The second-order valence-corrected chi connectivity index (χ2v) is 4.45. The lowest BCUT2D eigenvalue weighted by molar-refractivity contribution is -0.139. The molecule has 0 unspecified atom stereocenters. The van der Waals surface area contributed by atoms with E-state index in [1.54, 1.807) is 24.3 Å². The van der Waals surface area contributed by atoms with Gasteiger partial charge in [-0.25, -0.2) is 9.59 Å². The van der Waals surface area contributed by atoms with E-state index >= 15 is 0 Å². The summed E-state index contributed by atoms with van der Waals surface area (Å²) in [5, 5.41) is 14.1. The maximum Gasteiger partial charge on any atom is 0.341 e. The maximum absolute atomic E-state index is 11.8. The van der Waals surface area contributed by atoms with Crippen LogP contribution in [0.1, 0.15) is 12.8 Å². The first kappa shape index (κ1) is 13.9. The van der Waals surface area contributed by atoms with Gasteiger partial charge >= 0.3 is 12.0 Å². The molecule has 0 atom stereocenters. The molecular weight excluding hydrogens is 260 g/mol. The van der Waals surface area contributed by atoms with Crippen LogP contribution in [0.25, 0.3) is 0 Å². The average molecular weight is 276 g/mol. The zero-order valence-corrected chi connectivity index (χ0v) is 10.8. The molecule has 0 fully saturated rings. The topological polar surface area (TPSA) is 87.7 Å². The van der Waals surface area contributed by atoms with Crippen LogP contribution < -0.4 is 15.4 Å². The van der Waals surface area contributed by atoms with Gasteiger partial charge in [0.05, 0.1) is 0 Å². The number of carboxylic acid groups (broad SMARTS) is 1. The third-order valence-corrected chi connectivity index (χ3v) is 2.80. The number of carbonyl (C=O) groups is 2. The zero-order valence-electron chi connectivity index (χ0n) is 10.8. The number of ether oxygens (including phenoxy) is 1. The number of urea groups is 1. The van der Waals surface area contributed by atoms with Crippen LogP contribution >= 0.6 is 0 Å². The van der Waals surface area contributed by atoms with Crippen molar-refractivity contribution < 1.29 is 19.4 Å². The van der Waals surface area contributed by atoms with Gasteiger partial charge in [-0.05, 0) is 25.0 Å². The van der Waals surface area contributed by atoms with E-state index in [1.165, 1.54) is 0 Å². The van der Waals surface area contributed by atoms with Crippen LogP contribution in [0.3, 0.4) is 0 Å². The fourth-order valence-electron chi connectivity index (χ4n) is 1.90. The van der Waals surface area contributed by atoms with Gasteiger partial charge in [-0.15, -0.1) is 0 Å². The average Bonchev–Trinajstić information content (AvgIpc) is 2.89. The SMILES string of the molecule is O=C(O)COc1cccc(NC(=O)NC2CC=CC2)c1. The molecule has 20 heavy (non-hydrogen) atoms. The number of hydrogen-bond acceptors (Lipinski definition) is 3. The molecule has 2 rings (SSSR count). The molecule has 6 heteroatoms. The summed E-state index contributed by atoms with van der Waals surface area (Å²) < 4.78 is 5.04. The Morgan fingerprint density at radius 2 is 2.05 bits per heavy atom. The summed E-state index contributed by atoms with van der Waals surface area (Å²) in [6.07, 6.45) is 5.75. The van der Waals surface area contributed by atoms with E-state index in [1.807, 2.05) is 12.2 Å². The third-order valence-electron chi connectivity index (χ3n) is 2.80. The number of rotatable bonds is 5. The number of anilines is 1. The van der Waals surface area contributed by atoms with Crippen molar-refractivity contribution in [2.24, 2.45) is 0 Å². The minimum absolute atomic E-state index is 0.140. The smallest absolute Gasteiger partial charge is 0.341 e. The zero-order chi connectivity index (χ0) is 14.4. The summed E-state index contributed by atoms with van der Waals surface area (Å²) in [6.45, 7) is -0.413. The largest absolute Gasteiger partial charge is 0.482 e. The number of amides is 2. The van der Waals surface area contributed by atoms with Crippen LogP contribution in [0.15, 0.2) is 36.4 Å². The van der Waals surface area contributed by atoms with Gasteiger partial charge in [-0.3, -0.25) is 0 Å². The van der Waals surface area contributed by atoms with Gasteiger partial charge in [0.1, 0.15) is 5.75 Å². The van der Waals surface area contributed by atoms with Crippen molar-refractivity contribution in [3.8, 4) is 5.75 Å². The summed E-state index contributed by atoms with van der Waals surface area (Å²) in [5.74, 6) is -0.650. The number of carboxylic acids is 1. The summed E-state index contributed by atoms with van der Waals surface area (Å²) in [5.41, 5.74) is 0.552. The number of aliphatic carboxylic acids is 1. The highest BCUT2D eigenvalue weighted by molar-refractivity contribution is 5.89. The Morgan fingerprint density at radius 3 is 2.75 bits per heavy atom. The highest BCUT2D eigenvalue weighted by atomic mass is 16.5. The molecule has 0 aliphatic heterocycles. The quantitative estimate of drug-likeness (QED) is 0.718. The molecular formula is C14H16N2O4. The Bertz CT molecular complexity index is 520. The molecule has 1 aliphatic rings. The normalized spacial score (nSPS) is 14.0. The highest BCUT2D eigenvalue weighted by Crippen LogP contribution is 2.17. The second kappa shape index (κ2) is 6.60. The van der Waals surface area contributed by atoms with Gasteiger partial charge in [-0.2, -0.15) is 0 Å². The second-order valence-electron chi connectivity index (χ2n) is 4.45. The monoisotopic (exact) mass is 276 g/mol. The van der Waals surface area contributed by atoms with Crippen LogP contribution in [-0.4, -0.2) is 29.8 Å². The molecule has 3 N–H and O–H groups in total. The maximum atomic E-state index is 11.8.